The average Bonchev–Trinajstić information content (AvgIpc) is 2.39. The highest BCUT2D eigenvalue weighted by Crippen LogP contribution is 2.15. The standard InChI is InChI=1S/C11H18N2O4S2/c1-3-18(14,15)11-6-4-10(5-7-11)13-8-9-19(16,17)12-2/h4-7,12-13H,3,8-9H2,1-2H3. The molecule has 0 bridgehead atoms. The molecule has 0 heterocycles. The minimum Gasteiger partial charge on any atom is -0.384 e. The molecule has 6 nitrogen and oxygen atoms in total. The van der Waals surface area contributed by atoms with Crippen molar-refractivity contribution in [3.05, 3.63) is 24.3 Å². The number of anilines is 1. The van der Waals surface area contributed by atoms with Crippen molar-refractivity contribution in [3.63, 3.8) is 0 Å². The van der Waals surface area contributed by atoms with E-state index < -0.39 is 19.9 Å². The molecule has 1 aromatic rings. The molecule has 0 aliphatic carbocycles. The first kappa shape index (κ1) is 15.9. The summed E-state index contributed by atoms with van der Waals surface area (Å²) in [5.41, 5.74) is 0.682. The summed E-state index contributed by atoms with van der Waals surface area (Å²) in [5, 5.41) is 2.92. The molecule has 0 atom stereocenters. The third-order valence-electron chi connectivity index (χ3n) is 2.60. The van der Waals surface area contributed by atoms with Gasteiger partial charge in [0.05, 0.1) is 16.4 Å². The van der Waals surface area contributed by atoms with Gasteiger partial charge < -0.3 is 5.32 Å². The second-order valence-electron chi connectivity index (χ2n) is 3.88. The maximum Gasteiger partial charge on any atom is 0.213 e. The summed E-state index contributed by atoms with van der Waals surface area (Å²) < 4.78 is 47.8. The summed E-state index contributed by atoms with van der Waals surface area (Å²) in [6.07, 6.45) is 0. The smallest absolute Gasteiger partial charge is 0.213 e. The fourth-order valence-corrected chi connectivity index (χ4v) is 2.84. The van der Waals surface area contributed by atoms with Crippen molar-refractivity contribution in [2.45, 2.75) is 11.8 Å². The van der Waals surface area contributed by atoms with Crippen LogP contribution < -0.4 is 10.0 Å². The van der Waals surface area contributed by atoms with Crippen LogP contribution >= 0.6 is 0 Å². The largest absolute Gasteiger partial charge is 0.384 e. The molecule has 0 aliphatic heterocycles. The molecule has 0 amide bonds. The lowest BCUT2D eigenvalue weighted by atomic mass is 10.3. The van der Waals surface area contributed by atoms with E-state index in [4.69, 9.17) is 0 Å². The normalized spacial score (nSPS) is 12.3. The first-order valence-corrected chi connectivity index (χ1v) is 9.09. The molecular weight excluding hydrogens is 288 g/mol. The van der Waals surface area contributed by atoms with E-state index in [0.29, 0.717) is 5.69 Å². The molecule has 0 unspecified atom stereocenters. The number of sulfonamides is 1. The minimum atomic E-state index is -3.23. The highest BCUT2D eigenvalue weighted by Gasteiger charge is 2.11. The number of rotatable bonds is 7. The average molecular weight is 306 g/mol. The van der Waals surface area contributed by atoms with Gasteiger partial charge in [0.25, 0.3) is 0 Å². The zero-order chi connectivity index (χ0) is 14.5. The Hall–Kier alpha value is -1.12. The fraction of sp³-hybridized carbons (Fsp3) is 0.455. The Morgan fingerprint density at radius 3 is 2.11 bits per heavy atom. The predicted octanol–water partition coefficient (Wildman–Crippen LogP) is 0.441. The van der Waals surface area contributed by atoms with Crippen molar-refractivity contribution < 1.29 is 16.8 Å². The monoisotopic (exact) mass is 306 g/mol. The van der Waals surface area contributed by atoms with Crippen LogP contribution in [0.1, 0.15) is 6.92 Å². The Morgan fingerprint density at radius 1 is 1.05 bits per heavy atom. The Labute approximate surface area is 114 Å². The van der Waals surface area contributed by atoms with Crippen LogP contribution in [-0.2, 0) is 19.9 Å². The van der Waals surface area contributed by atoms with E-state index in [-0.39, 0.29) is 22.9 Å². The Bertz CT molecular complexity index is 607. The molecular formula is C11H18N2O4S2. The van der Waals surface area contributed by atoms with E-state index in [1.54, 1.807) is 19.1 Å². The van der Waals surface area contributed by atoms with E-state index in [9.17, 15) is 16.8 Å². The molecule has 0 saturated heterocycles. The highest BCUT2D eigenvalue weighted by atomic mass is 32.2. The summed E-state index contributed by atoms with van der Waals surface area (Å²) in [6, 6.07) is 6.25. The van der Waals surface area contributed by atoms with E-state index >= 15 is 0 Å². The minimum absolute atomic E-state index is 0.0431. The van der Waals surface area contributed by atoms with Crippen molar-refractivity contribution >= 4 is 25.5 Å². The van der Waals surface area contributed by atoms with Crippen LogP contribution in [0.3, 0.4) is 0 Å². The predicted molar refractivity (Wildman–Crippen MR) is 75.5 cm³/mol. The second kappa shape index (κ2) is 6.36. The molecule has 1 rings (SSSR count). The van der Waals surface area contributed by atoms with Crippen LogP contribution in [0.25, 0.3) is 0 Å². The third-order valence-corrected chi connectivity index (χ3v) is 5.72. The molecule has 0 aromatic heterocycles. The molecule has 108 valence electrons. The maximum atomic E-state index is 11.6. The SMILES string of the molecule is CCS(=O)(=O)c1ccc(NCCS(=O)(=O)NC)cc1. The first-order chi connectivity index (χ1) is 8.80. The number of benzene rings is 1. The lowest BCUT2D eigenvalue weighted by Crippen LogP contribution is -2.26. The van der Waals surface area contributed by atoms with Crippen LogP contribution in [0, 0.1) is 0 Å². The molecule has 0 saturated carbocycles. The number of hydrogen-bond donors (Lipinski definition) is 2. The molecule has 0 fully saturated rings. The fourth-order valence-electron chi connectivity index (χ4n) is 1.38. The summed E-state index contributed by atoms with van der Waals surface area (Å²) in [4.78, 5) is 0.267. The van der Waals surface area contributed by atoms with Crippen molar-refractivity contribution in [2.24, 2.45) is 0 Å². The third kappa shape index (κ3) is 4.81. The van der Waals surface area contributed by atoms with Crippen LogP contribution in [0.5, 0.6) is 0 Å². The van der Waals surface area contributed by atoms with Gasteiger partial charge >= 0.3 is 0 Å². The van der Waals surface area contributed by atoms with Gasteiger partial charge in [0.1, 0.15) is 0 Å². The zero-order valence-corrected chi connectivity index (χ0v) is 12.5. The van der Waals surface area contributed by atoms with Crippen LogP contribution in [0.2, 0.25) is 0 Å². The topological polar surface area (TPSA) is 92.3 Å². The summed E-state index contributed by atoms with van der Waals surface area (Å²) in [7, 11) is -5.07. The lowest BCUT2D eigenvalue weighted by Gasteiger charge is -2.07. The van der Waals surface area contributed by atoms with Crippen molar-refractivity contribution in [2.75, 3.05) is 30.4 Å². The Kier molecular flexibility index (Phi) is 5.33. The van der Waals surface area contributed by atoms with E-state index in [1.807, 2.05) is 0 Å². The van der Waals surface area contributed by atoms with E-state index in [2.05, 4.69) is 10.0 Å². The van der Waals surface area contributed by atoms with E-state index in [0.717, 1.165) is 0 Å². The molecule has 0 spiro atoms. The first-order valence-electron chi connectivity index (χ1n) is 5.78. The quantitative estimate of drug-likeness (QED) is 0.762. The van der Waals surface area contributed by atoms with Gasteiger partial charge in [-0.3, -0.25) is 0 Å². The van der Waals surface area contributed by atoms with Crippen molar-refractivity contribution in [3.8, 4) is 0 Å². The van der Waals surface area contributed by atoms with Crippen LogP contribution in [0.4, 0.5) is 5.69 Å². The van der Waals surface area contributed by atoms with Crippen LogP contribution in [-0.4, -0.2) is 41.9 Å². The molecule has 1 aromatic carbocycles. The van der Waals surface area contributed by atoms with Gasteiger partial charge in [-0.15, -0.1) is 0 Å². The van der Waals surface area contributed by atoms with Crippen LogP contribution in [0.15, 0.2) is 29.2 Å². The summed E-state index contributed by atoms with van der Waals surface area (Å²) in [6.45, 7) is 1.84. The molecule has 0 aliphatic rings. The molecule has 2 N–H and O–H groups in total. The molecule has 0 radical (unpaired) electrons. The summed E-state index contributed by atoms with van der Waals surface area (Å²) in [5.74, 6) is 0.0126. The second-order valence-corrected chi connectivity index (χ2v) is 8.20. The number of nitrogens with one attached hydrogen (secondary N) is 2. The highest BCUT2D eigenvalue weighted by molar-refractivity contribution is 7.91. The van der Waals surface area contributed by atoms with Gasteiger partial charge in [-0.05, 0) is 31.3 Å². The van der Waals surface area contributed by atoms with Gasteiger partial charge in [-0.1, -0.05) is 6.92 Å². The van der Waals surface area contributed by atoms with Crippen molar-refractivity contribution in [1.82, 2.24) is 4.72 Å². The van der Waals surface area contributed by atoms with Gasteiger partial charge in [-0.25, -0.2) is 21.6 Å². The molecule has 19 heavy (non-hydrogen) atoms. The number of hydrogen-bond acceptors (Lipinski definition) is 5. The lowest BCUT2D eigenvalue weighted by molar-refractivity contribution is 0.588. The van der Waals surface area contributed by atoms with Gasteiger partial charge in [0.15, 0.2) is 9.84 Å². The van der Waals surface area contributed by atoms with Gasteiger partial charge in [0, 0.05) is 12.2 Å². The Balaban J connectivity index is 2.64. The molecule has 8 heteroatoms. The summed E-state index contributed by atoms with van der Waals surface area (Å²) >= 11 is 0. The zero-order valence-electron chi connectivity index (χ0n) is 10.9. The Morgan fingerprint density at radius 2 is 1.63 bits per heavy atom. The van der Waals surface area contributed by atoms with Gasteiger partial charge in [-0.2, -0.15) is 0 Å². The van der Waals surface area contributed by atoms with Crippen molar-refractivity contribution in [1.29, 1.82) is 0 Å². The maximum absolute atomic E-state index is 11.6. The van der Waals surface area contributed by atoms with Gasteiger partial charge in [0.2, 0.25) is 10.0 Å². The van der Waals surface area contributed by atoms with E-state index in [1.165, 1.54) is 19.2 Å². The number of sulfone groups is 1.